The van der Waals surface area contributed by atoms with Gasteiger partial charge in [-0.15, -0.1) is 11.6 Å². The van der Waals surface area contributed by atoms with Crippen LogP contribution in [0.15, 0.2) is 0 Å². The zero-order valence-corrected chi connectivity index (χ0v) is 13.0. The van der Waals surface area contributed by atoms with E-state index in [-0.39, 0.29) is 11.1 Å². The van der Waals surface area contributed by atoms with Crippen LogP contribution in [0.2, 0.25) is 0 Å². The van der Waals surface area contributed by atoms with Gasteiger partial charge in [0.2, 0.25) is 0 Å². The summed E-state index contributed by atoms with van der Waals surface area (Å²) in [6.07, 6.45) is 2.70. The first-order valence-corrected chi connectivity index (χ1v) is 8.61. The number of alkyl halides is 1. The Hall–Kier alpha value is -0.550. The van der Waals surface area contributed by atoms with Crippen molar-refractivity contribution in [3.05, 3.63) is 17.0 Å². The van der Waals surface area contributed by atoms with E-state index in [0.29, 0.717) is 13.0 Å². The smallest absolute Gasteiger partial charge is 0.147 e. The highest BCUT2D eigenvalue weighted by atomic mass is 35.5. The summed E-state index contributed by atoms with van der Waals surface area (Å²) in [5.74, 6) is 0.193. The van der Waals surface area contributed by atoms with Gasteiger partial charge < -0.3 is 0 Å². The maximum Gasteiger partial charge on any atom is 0.147 e. The molecule has 18 heavy (non-hydrogen) atoms. The van der Waals surface area contributed by atoms with Crippen molar-refractivity contribution in [2.75, 3.05) is 12.0 Å². The van der Waals surface area contributed by atoms with Gasteiger partial charge in [-0.3, -0.25) is 4.68 Å². The molecule has 0 aliphatic heterocycles. The predicted octanol–water partition coefficient (Wildman–Crippen LogP) is 2.62. The molecule has 1 heterocycles. The van der Waals surface area contributed by atoms with E-state index in [4.69, 9.17) is 11.6 Å². The Morgan fingerprint density at radius 1 is 1.39 bits per heavy atom. The molecule has 4 nitrogen and oxygen atoms in total. The second-order valence-corrected chi connectivity index (χ2v) is 7.45. The minimum atomic E-state index is -2.90. The van der Waals surface area contributed by atoms with Gasteiger partial charge in [-0.05, 0) is 26.7 Å². The molecular weight excluding hydrogens is 272 g/mol. The van der Waals surface area contributed by atoms with E-state index in [2.05, 4.69) is 5.10 Å². The first-order chi connectivity index (χ1) is 8.26. The summed E-state index contributed by atoms with van der Waals surface area (Å²) in [6.45, 7) is 6.59. The highest BCUT2D eigenvalue weighted by Gasteiger charge is 2.17. The average Bonchev–Trinajstić information content (AvgIpc) is 2.52. The van der Waals surface area contributed by atoms with Crippen molar-refractivity contribution in [2.24, 2.45) is 0 Å². The maximum atomic E-state index is 11.1. The van der Waals surface area contributed by atoms with Crippen molar-refractivity contribution in [2.45, 2.75) is 45.5 Å². The van der Waals surface area contributed by atoms with Crippen molar-refractivity contribution in [1.29, 1.82) is 0 Å². The number of nitrogens with zero attached hydrogens (tertiary/aromatic N) is 2. The third kappa shape index (κ3) is 3.99. The van der Waals surface area contributed by atoms with Gasteiger partial charge in [0.05, 0.1) is 16.8 Å². The second kappa shape index (κ2) is 6.06. The third-order valence-corrected chi connectivity index (χ3v) is 4.55. The number of hydrogen-bond donors (Lipinski definition) is 0. The van der Waals surface area contributed by atoms with Gasteiger partial charge in [0.1, 0.15) is 9.84 Å². The van der Waals surface area contributed by atoms with E-state index in [1.165, 1.54) is 6.26 Å². The Balaban J connectivity index is 2.80. The summed E-state index contributed by atoms with van der Waals surface area (Å²) in [5, 5.41) is 4.42. The molecule has 104 valence electrons. The van der Waals surface area contributed by atoms with Crippen molar-refractivity contribution in [1.82, 2.24) is 9.78 Å². The first kappa shape index (κ1) is 15.5. The van der Waals surface area contributed by atoms with Crippen LogP contribution in [0.1, 0.15) is 42.1 Å². The van der Waals surface area contributed by atoms with Crippen LogP contribution in [-0.4, -0.2) is 30.2 Å². The summed E-state index contributed by atoms with van der Waals surface area (Å²) < 4.78 is 24.0. The lowest BCUT2D eigenvalue weighted by molar-refractivity contribution is 0.566. The fraction of sp³-hybridized carbons (Fsp3) is 0.750. The Morgan fingerprint density at radius 2 is 2.00 bits per heavy atom. The predicted molar refractivity (Wildman–Crippen MR) is 74.9 cm³/mol. The van der Waals surface area contributed by atoms with Gasteiger partial charge in [-0.1, -0.05) is 6.92 Å². The number of hydrogen-bond acceptors (Lipinski definition) is 3. The van der Waals surface area contributed by atoms with E-state index in [1.807, 2.05) is 25.5 Å². The van der Waals surface area contributed by atoms with Crippen molar-refractivity contribution in [3.63, 3.8) is 0 Å². The lowest BCUT2D eigenvalue weighted by Gasteiger charge is -2.08. The fourth-order valence-electron chi connectivity index (χ4n) is 2.06. The molecule has 0 aromatic carbocycles. The Labute approximate surface area is 114 Å². The lowest BCUT2D eigenvalue weighted by Crippen LogP contribution is -2.09. The average molecular weight is 293 g/mol. The maximum absolute atomic E-state index is 11.1. The van der Waals surface area contributed by atoms with E-state index in [1.54, 1.807) is 0 Å². The highest BCUT2D eigenvalue weighted by molar-refractivity contribution is 7.90. The van der Waals surface area contributed by atoms with Crippen molar-refractivity contribution >= 4 is 21.4 Å². The van der Waals surface area contributed by atoms with E-state index in [9.17, 15) is 8.42 Å². The number of aryl methyl sites for hydroxylation is 2. The molecule has 1 aromatic rings. The SMILES string of the molecule is CCC(Cl)c1c(C)nn(CCCS(C)(=O)=O)c1C. The van der Waals surface area contributed by atoms with Gasteiger partial charge in [-0.25, -0.2) is 8.42 Å². The Kier molecular flexibility index (Phi) is 5.22. The molecule has 0 spiro atoms. The van der Waals surface area contributed by atoms with Gasteiger partial charge in [0, 0.05) is 24.1 Å². The second-order valence-electron chi connectivity index (χ2n) is 4.67. The summed E-state index contributed by atoms with van der Waals surface area (Å²) >= 11 is 6.27. The van der Waals surface area contributed by atoms with Crippen LogP contribution in [0.3, 0.4) is 0 Å². The molecule has 0 saturated carbocycles. The van der Waals surface area contributed by atoms with Crippen LogP contribution in [-0.2, 0) is 16.4 Å². The molecule has 0 bridgehead atoms. The van der Waals surface area contributed by atoms with E-state index in [0.717, 1.165) is 23.4 Å². The molecule has 0 fully saturated rings. The van der Waals surface area contributed by atoms with Crippen LogP contribution < -0.4 is 0 Å². The molecule has 1 atom stereocenters. The number of rotatable bonds is 6. The molecule has 0 saturated heterocycles. The zero-order chi connectivity index (χ0) is 13.9. The van der Waals surface area contributed by atoms with Crippen LogP contribution in [0.5, 0.6) is 0 Å². The molecule has 1 aromatic heterocycles. The zero-order valence-electron chi connectivity index (χ0n) is 11.4. The molecule has 0 N–H and O–H groups in total. The van der Waals surface area contributed by atoms with Gasteiger partial charge in [0.25, 0.3) is 0 Å². The fourth-order valence-corrected chi connectivity index (χ4v) is 3.03. The minimum absolute atomic E-state index is 0.0198. The largest absolute Gasteiger partial charge is 0.269 e. The topological polar surface area (TPSA) is 52.0 Å². The van der Waals surface area contributed by atoms with E-state index >= 15 is 0 Å². The number of aromatic nitrogens is 2. The molecule has 1 rings (SSSR count). The van der Waals surface area contributed by atoms with Crippen LogP contribution in [0.25, 0.3) is 0 Å². The molecule has 0 aliphatic rings. The molecule has 0 radical (unpaired) electrons. The highest BCUT2D eigenvalue weighted by Crippen LogP contribution is 2.29. The monoisotopic (exact) mass is 292 g/mol. The number of sulfone groups is 1. The first-order valence-electron chi connectivity index (χ1n) is 6.12. The Morgan fingerprint density at radius 3 is 2.50 bits per heavy atom. The van der Waals surface area contributed by atoms with Crippen molar-refractivity contribution < 1.29 is 8.42 Å². The summed E-state index contributed by atoms with van der Waals surface area (Å²) in [5.41, 5.74) is 3.06. The lowest BCUT2D eigenvalue weighted by atomic mass is 10.1. The van der Waals surface area contributed by atoms with Crippen LogP contribution in [0.4, 0.5) is 0 Å². The van der Waals surface area contributed by atoms with Crippen LogP contribution in [0, 0.1) is 13.8 Å². The van der Waals surface area contributed by atoms with Gasteiger partial charge in [-0.2, -0.15) is 5.10 Å². The summed E-state index contributed by atoms with van der Waals surface area (Å²) in [6, 6.07) is 0. The molecule has 1 unspecified atom stereocenters. The van der Waals surface area contributed by atoms with Gasteiger partial charge in [0.15, 0.2) is 0 Å². The summed E-state index contributed by atoms with van der Waals surface area (Å²) in [7, 11) is -2.90. The molecular formula is C12H21ClN2O2S. The minimum Gasteiger partial charge on any atom is -0.269 e. The quantitative estimate of drug-likeness (QED) is 0.757. The molecule has 0 aliphatic carbocycles. The van der Waals surface area contributed by atoms with Gasteiger partial charge >= 0.3 is 0 Å². The normalized spacial score (nSPS) is 13.8. The molecule has 6 heteroatoms. The van der Waals surface area contributed by atoms with E-state index < -0.39 is 9.84 Å². The third-order valence-electron chi connectivity index (χ3n) is 2.99. The van der Waals surface area contributed by atoms with Crippen LogP contribution >= 0.6 is 11.6 Å². The number of halogens is 1. The summed E-state index contributed by atoms with van der Waals surface area (Å²) in [4.78, 5) is 0. The Bertz CT molecular complexity index is 508. The van der Waals surface area contributed by atoms with Crippen molar-refractivity contribution in [3.8, 4) is 0 Å². The molecule has 0 amide bonds. The standard InChI is InChI=1S/C12H21ClN2O2S/c1-5-11(13)12-9(2)14-15(10(12)3)7-6-8-18(4,16)17/h11H,5-8H2,1-4H3.